The molecule has 0 aliphatic rings. The molecule has 0 spiro atoms. The third-order valence-corrected chi connectivity index (χ3v) is 1.13. The molecule has 0 aliphatic heterocycles. The average Bonchev–Trinajstić information content (AvgIpc) is 2.03. The van der Waals surface area contributed by atoms with Crippen LogP contribution in [0.25, 0.3) is 0 Å². The van der Waals surface area contributed by atoms with Gasteiger partial charge in [-0.2, -0.15) is 10.1 Å². The Kier molecular flexibility index (Phi) is 5.72. The highest BCUT2D eigenvalue weighted by atomic mass is 16.6. The van der Waals surface area contributed by atoms with Crippen LogP contribution in [0.3, 0.4) is 0 Å². The summed E-state index contributed by atoms with van der Waals surface area (Å²) in [5.41, 5.74) is 8.94. The van der Waals surface area contributed by atoms with Crippen LogP contribution in [0.5, 0.6) is 0 Å². The van der Waals surface area contributed by atoms with Gasteiger partial charge in [-0.05, 0) is 0 Å². The van der Waals surface area contributed by atoms with Gasteiger partial charge in [0.1, 0.15) is 0 Å². The summed E-state index contributed by atoms with van der Waals surface area (Å²) < 4.78 is 0. The molecule has 88 valence electrons. The quantitative estimate of drug-likeness (QED) is 0.191. The molecule has 15 heavy (non-hydrogen) atoms. The highest BCUT2D eigenvalue weighted by molar-refractivity contribution is 5.83. The molecule has 11 nitrogen and oxygen atoms in total. The van der Waals surface area contributed by atoms with E-state index in [0.29, 0.717) is 0 Å². The molecule has 0 saturated carbocycles. The molecule has 0 aromatic heterocycles. The van der Waals surface area contributed by atoms with Crippen LogP contribution >= 0.6 is 0 Å². The number of hydrogen-bond acceptors (Lipinski definition) is 6. The second-order valence-corrected chi connectivity index (χ2v) is 2.06. The van der Waals surface area contributed by atoms with Crippen LogP contribution in [0.4, 0.5) is 9.59 Å². The van der Waals surface area contributed by atoms with Crippen molar-refractivity contribution in [3.63, 3.8) is 0 Å². The Morgan fingerprint density at radius 3 is 1.47 bits per heavy atom. The van der Waals surface area contributed by atoms with Crippen LogP contribution in [-0.4, -0.2) is 44.7 Å². The number of urea groups is 2. The summed E-state index contributed by atoms with van der Waals surface area (Å²) in [7, 11) is 0. The van der Waals surface area contributed by atoms with E-state index in [9.17, 15) is 19.5 Å². The smallest absolute Gasteiger partial charge is 0.341 e. The van der Waals surface area contributed by atoms with E-state index >= 15 is 0 Å². The Balaban J connectivity index is 0. The largest absolute Gasteiger partial charge is 0.546 e. The van der Waals surface area contributed by atoms with Gasteiger partial charge in [0.15, 0.2) is 0 Å². The standard InChI is InChI=1S/C4H8N4O6.H3N/c5-3(11)7(13)1(2(9)10)8(14)4(6)12;/h1,13-14H,(H2,5,11)(H2,6,12)(H,9,10);1H3. The second kappa shape index (κ2) is 5.58. The van der Waals surface area contributed by atoms with Crippen LogP contribution < -0.4 is 22.7 Å². The zero-order chi connectivity index (χ0) is 11.5. The molecule has 0 aromatic carbocycles. The number of nitrogens with two attached hydrogens (primary N) is 2. The summed E-state index contributed by atoms with van der Waals surface area (Å²) in [6, 6.07) is -3.22. The number of carboxylic acid groups (broad SMARTS) is 1. The molecule has 4 amide bonds. The van der Waals surface area contributed by atoms with Gasteiger partial charge < -0.3 is 27.5 Å². The van der Waals surface area contributed by atoms with Crippen molar-refractivity contribution in [1.82, 2.24) is 16.3 Å². The van der Waals surface area contributed by atoms with Crippen LogP contribution in [0, 0.1) is 0 Å². The summed E-state index contributed by atoms with van der Waals surface area (Å²) in [5.74, 6) is -2.15. The zero-order valence-corrected chi connectivity index (χ0v) is 7.65. The number of amides is 4. The third-order valence-electron chi connectivity index (χ3n) is 1.13. The molecule has 0 radical (unpaired) electrons. The molecule has 0 rings (SSSR count). The molecule has 10 N–H and O–H groups in total. The number of hydrogen-bond donors (Lipinski definition) is 5. The number of aliphatic carboxylic acids is 1. The summed E-state index contributed by atoms with van der Waals surface area (Å²) >= 11 is 0. The van der Waals surface area contributed by atoms with Gasteiger partial charge in [0, 0.05) is 0 Å². The van der Waals surface area contributed by atoms with Gasteiger partial charge in [-0.3, -0.25) is 10.4 Å². The Morgan fingerprint density at radius 1 is 1.07 bits per heavy atom. The minimum atomic E-state index is -2.50. The first-order valence-electron chi connectivity index (χ1n) is 3.05. The fourth-order valence-corrected chi connectivity index (χ4v) is 0.544. The maximum atomic E-state index is 10.3. The molecule has 0 heterocycles. The Morgan fingerprint density at radius 2 is 1.33 bits per heavy atom. The first-order valence-corrected chi connectivity index (χ1v) is 3.05. The monoisotopic (exact) mass is 225 g/mol. The van der Waals surface area contributed by atoms with Crippen molar-refractivity contribution in [1.29, 1.82) is 0 Å². The molecule has 0 unspecified atom stereocenters. The molecule has 11 heteroatoms. The summed E-state index contributed by atoms with van der Waals surface area (Å²) in [6.45, 7) is 0. The number of primary amides is 2. The normalized spacial score (nSPS) is 9.00. The van der Waals surface area contributed by atoms with Gasteiger partial charge in [-0.1, -0.05) is 0 Å². The maximum Gasteiger partial charge on any atom is 0.341 e. The third kappa shape index (κ3) is 3.63. The minimum Gasteiger partial charge on any atom is -0.546 e. The van der Waals surface area contributed by atoms with E-state index in [1.165, 1.54) is 0 Å². The van der Waals surface area contributed by atoms with Crippen LogP contribution in [0.1, 0.15) is 0 Å². The molecule has 0 aromatic rings. The number of hydroxylamine groups is 4. The van der Waals surface area contributed by atoms with Crippen LogP contribution in [0.15, 0.2) is 0 Å². The highest BCUT2D eigenvalue weighted by Gasteiger charge is 2.29. The van der Waals surface area contributed by atoms with E-state index in [-0.39, 0.29) is 6.15 Å². The van der Waals surface area contributed by atoms with E-state index in [2.05, 4.69) is 11.5 Å². The number of rotatable bonds is 3. The Labute approximate surface area is 82.9 Å². The number of quaternary nitrogens is 1. The molecular weight excluding hydrogens is 214 g/mol. The van der Waals surface area contributed by atoms with E-state index in [1.807, 2.05) is 0 Å². The summed E-state index contributed by atoms with van der Waals surface area (Å²) in [5, 5.41) is 26.4. The van der Waals surface area contributed by atoms with Crippen molar-refractivity contribution < 1.29 is 29.9 Å². The van der Waals surface area contributed by atoms with E-state index in [4.69, 9.17) is 10.4 Å². The van der Waals surface area contributed by atoms with Crippen molar-refractivity contribution in [3.8, 4) is 0 Å². The average molecular weight is 225 g/mol. The first kappa shape index (κ1) is 15.4. The van der Waals surface area contributed by atoms with Gasteiger partial charge in [0.05, 0.1) is 5.97 Å². The van der Waals surface area contributed by atoms with E-state index < -0.39 is 34.3 Å². The summed E-state index contributed by atoms with van der Waals surface area (Å²) in [6.07, 6.45) is -2.50. The fourth-order valence-electron chi connectivity index (χ4n) is 0.544. The van der Waals surface area contributed by atoms with Crippen LogP contribution in [-0.2, 0) is 4.79 Å². The lowest BCUT2D eigenvalue weighted by Gasteiger charge is -2.29. The van der Waals surface area contributed by atoms with Crippen molar-refractivity contribution in [2.75, 3.05) is 0 Å². The molecule has 0 fully saturated rings. The molecule has 0 atom stereocenters. The molecule has 0 bridgehead atoms. The lowest BCUT2D eigenvalue weighted by molar-refractivity contribution is -0.332. The Hall–Kier alpha value is -2.11. The molecule has 0 aliphatic carbocycles. The Bertz CT molecular complexity index is 248. The van der Waals surface area contributed by atoms with Crippen molar-refractivity contribution in [3.05, 3.63) is 0 Å². The first-order chi connectivity index (χ1) is 6.29. The van der Waals surface area contributed by atoms with Gasteiger partial charge in [-0.15, -0.1) is 0 Å². The number of carbonyl (C=O) groups is 3. The number of carbonyl (C=O) groups excluding carboxylic acids is 3. The lowest BCUT2D eigenvalue weighted by atomic mass is 10.4. The maximum absolute atomic E-state index is 10.3. The number of nitrogens with zero attached hydrogens (tertiary/aromatic N) is 2. The van der Waals surface area contributed by atoms with Crippen molar-refractivity contribution >= 4 is 18.0 Å². The minimum absolute atomic E-state index is 0. The van der Waals surface area contributed by atoms with Gasteiger partial charge in [0.2, 0.25) is 6.17 Å². The highest BCUT2D eigenvalue weighted by Crippen LogP contribution is 1.99. The van der Waals surface area contributed by atoms with E-state index in [0.717, 1.165) is 0 Å². The molecule has 0 saturated heterocycles. The van der Waals surface area contributed by atoms with Crippen LogP contribution in [0.2, 0.25) is 0 Å². The predicted molar refractivity (Wildman–Crippen MR) is 41.2 cm³/mol. The summed E-state index contributed by atoms with van der Waals surface area (Å²) in [4.78, 5) is 30.8. The predicted octanol–water partition coefficient (Wildman–Crippen LogP) is -3.02. The van der Waals surface area contributed by atoms with Crippen molar-refractivity contribution in [2.45, 2.75) is 6.17 Å². The lowest BCUT2D eigenvalue weighted by Crippen LogP contribution is -2.61. The van der Waals surface area contributed by atoms with Gasteiger partial charge in [0.25, 0.3) is 0 Å². The number of carboxylic acids is 1. The second-order valence-electron chi connectivity index (χ2n) is 2.06. The molecular formula is C4H11N5O6. The van der Waals surface area contributed by atoms with Gasteiger partial charge in [-0.25, -0.2) is 9.59 Å². The topological polar surface area (TPSA) is 210 Å². The van der Waals surface area contributed by atoms with Gasteiger partial charge >= 0.3 is 12.1 Å². The van der Waals surface area contributed by atoms with E-state index in [1.54, 1.807) is 0 Å². The fraction of sp³-hybridized carbons (Fsp3) is 0.250. The zero-order valence-electron chi connectivity index (χ0n) is 7.65. The van der Waals surface area contributed by atoms with Crippen molar-refractivity contribution in [2.24, 2.45) is 11.5 Å². The SMILES string of the molecule is NC(=O)N(O)C(C(=O)[O-])N(O)C(N)=O.[NH4+].